The van der Waals surface area contributed by atoms with Crippen LogP contribution in [0.3, 0.4) is 0 Å². The van der Waals surface area contributed by atoms with E-state index in [2.05, 4.69) is 5.48 Å². The summed E-state index contributed by atoms with van der Waals surface area (Å²) in [5.74, 6) is -0.465. The molecule has 1 N–H and O–H groups in total. The number of carbonyl (C=O) groups is 2. The van der Waals surface area contributed by atoms with E-state index in [1.807, 2.05) is 30.3 Å². The molecule has 2 aromatic carbocycles. The molecule has 2 aromatic rings. The van der Waals surface area contributed by atoms with Crippen LogP contribution in [0.5, 0.6) is 5.75 Å². The maximum atomic E-state index is 12.0. The fraction of sp³-hybridized carbons (Fsp3) is 0.222. The van der Waals surface area contributed by atoms with Crippen molar-refractivity contribution in [3.63, 3.8) is 0 Å². The number of ether oxygens (including phenoxy) is 1. The van der Waals surface area contributed by atoms with E-state index < -0.39 is 21.8 Å². The van der Waals surface area contributed by atoms with Gasteiger partial charge in [0.05, 0.1) is 11.4 Å². The van der Waals surface area contributed by atoms with Crippen LogP contribution in [0.4, 0.5) is 5.69 Å². The molecule has 9 heteroatoms. The third-order valence-electron chi connectivity index (χ3n) is 3.80. The van der Waals surface area contributed by atoms with Crippen molar-refractivity contribution in [2.75, 3.05) is 23.3 Å². The predicted octanol–water partition coefficient (Wildman–Crippen LogP) is 1.49. The van der Waals surface area contributed by atoms with Crippen molar-refractivity contribution in [2.24, 2.45) is 0 Å². The summed E-state index contributed by atoms with van der Waals surface area (Å²) in [4.78, 5) is 28.8. The maximum Gasteiger partial charge on any atom is 0.274 e. The lowest BCUT2D eigenvalue weighted by molar-refractivity contribution is -0.116. The Hall–Kier alpha value is -2.91. The van der Waals surface area contributed by atoms with Crippen LogP contribution in [0.25, 0.3) is 0 Å². The van der Waals surface area contributed by atoms with Crippen molar-refractivity contribution in [3.05, 3.63) is 60.2 Å². The number of hydrogen-bond donors (Lipinski definition) is 1. The van der Waals surface area contributed by atoms with E-state index in [1.54, 1.807) is 0 Å². The number of hydroxylamine groups is 1. The topological polar surface area (TPSA) is 102 Å². The summed E-state index contributed by atoms with van der Waals surface area (Å²) in [6.45, 7) is 0.414. The first-order valence-corrected chi connectivity index (χ1v) is 9.84. The maximum absolute atomic E-state index is 12.0. The van der Waals surface area contributed by atoms with Gasteiger partial charge in [0, 0.05) is 12.0 Å². The monoisotopic (exact) mass is 390 g/mol. The third-order valence-corrected chi connectivity index (χ3v) is 5.50. The second-order valence-electron chi connectivity index (χ2n) is 5.71. The molecule has 1 heterocycles. The Labute approximate surface area is 156 Å². The number of hydrogen-bond acceptors (Lipinski definition) is 6. The minimum absolute atomic E-state index is 0.0382. The van der Waals surface area contributed by atoms with Crippen LogP contribution in [0.1, 0.15) is 16.8 Å². The number of anilines is 1. The molecule has 0 saturated carbocycles. The second-order valence-corrected chi connectivity index (χ2v) is 7.65. The Morgan fingerprint density at radius 3 is 2.37 bits per heavy atom. The summed E-state index contributed by atoms with van der Waals surface area (Å²) >= 11 is 0. The molecule has 27 heavy (non-hydrogen) atoms. The molecule has 0 radical (unpaired) electrons. The van der Waals surface area contributed by atoms with Crippen molar-refractivity contribution in [1.29, 1.82) is 0 Å². The summed E-state index contributed by atoms with van der Waals surface area (Å²) in [6.07, 6.45) is -0.0382. The van der Waals surface area contributed by atoms with Crippen LogP contribution in [-0.2, 0) is 19.7 Å². The quantitative estimate of drug-likeness (QED) is 0.568. The van der Waals surface area contributed by atoms with Crippen LogP contribution in [0.2, 0.25) is 0 Å². The zero-order valence-corrected chi connectivity index (χ0v) is 15.1. The van der Waals surface area contributed by atoms with Crippen molar-refractivity contribution >= 4 is 27.5 Å². The molecule has 1 saturated heterocycles. The molecule has 0 aromatic heterocycles. The summed E-state index contributed by atoms with van der Waals surface area (Å²) in [7, 11) is -3.62. The predicted molar refractivity (Wildman–Crippen MR) is 97.7 cm³/mol. The van der Waals surface area contributed by atoms with E-state index >= 15 is 0 Å². The molecule has 0 bridgehead atoms. The van der Waals surface area contributed by atoms with Gasteiger partial charge in [0.2, 0.25) is 15.9 Å². The van der Waals surface area contributed by atoms with E-state index in [-0.39, 0.29) is 36.6 Å². The lowest BCUT2D eigenvalue weighted by Crippen LogP contribution is -2.29. The first-order chi connectivity index (χ1) is 13.0. The number of benzene rings is 2. The summed E-state index contributed by atoms with van der Waals surface area (Å²) in [5, 5.41) is 0. The van der Waals surface area contributed by atoms with Gasteiger partial charge in [-0.15, -0.1) is 0 Å². The smallest absolute Gasteiger partial charge is 0.274 e. The van der Waals surface area contributed by atoms with E-state index in [0.717, 1.165) is 4.31 Å². The van der Waals surface area contributed by atoms with E-state index in [1.165, 1.54) is 24.3 Å². The van der Waals surface area contributed by atoms with Crippen molar-refractivity contribution < 1.29 is 27.6 Å². The van der Waals surface area contributed by atoms with Crippen molar-refractivity contribution in [1.82, 2.24) is 5.48 Å². The molecule has 0 unspecified atom stereocenters. The molecule has 1 aliphatic rings. The van der Waals surface area contributed by atoms with E-state index in [4.69, 9.17) is 9.57 Å². The fourth-order valence-electron chi connectivity index (χ4n) is 2.51. The van der Waals surface area contributed by atoms with Gasteiger partial charge in [0.25, 0.3) is 5.91 Å². The summed E-state index contributed by atoms with van der Waals surface area (Å²) in [5.41, 5.74) is 2.77. The average Bonchev–Trinajstić information content (AvgIpc) is 2.95. The Kier molecular flexibility index (Phi) is 5.72. The number of sulfonamides is 1. The van der Waals surface area contributed by atoms with Crippen LogP contribution in [-0.4, -0.2) is 39.2 Å². The zero-order chi connectivity index (χ0) is 19.3. The summed E-state index contributed by atoms with van der Waals surface area (Å²) < 4.78 is 30.0. The molecule has 8 nitrogen and oxygen atoms in total. The van der Waals surface area contributed by atoms with Gasteiger partial charge in [-0.05, 0) is 36.4 Å². The normalized spacial score (nSPS) is 15.6. The van der Waals surface area contributed by atoms with Gasteiger partial charge in [-0.2, -0.15) is 0 Å². The largest absolute Gasteiger partial charge is 0.491 e. The minimum atomic E-state index is -3.62. The highest BCUT2D eigenvalue weighted by Crippen LogP contribution is 2.25. The lowest BCUT2D eigenvalue weighted by Gasteiger charge is -2.15. The van der Waals surface area contributed by atoms with Crippen molar-refractivity contribution in [2.45, 2.75) is 6.42 Å². The Morgan fingerprint density at radius 2 is 1.74 bits per heavy atom. The highest BCUT2D eigenvalue weighted by atomic mass is 32.2. The van der Waals surface area contributed by atoms with Crippen molar-refractivity contribution in [3.8, 4) is 5.75 Å². The summed E-state index contributed by atoms with van der Waals surface area (Å²) in [6, 6.07) is 14.9. The minimum Gasteiger partial charge on any atom is -0.491 e. The van der Waals surface area contributed by atoms with Crippen LogP contribution < -0.4 is 14.5 Å². The molecule has 1 aliphatic heterocycles. The Balaban J connectivity index is 1.48. The number of para-hydroxylation sites is 1. The van der Waals surface area contributed by atoms with Crippen LogP contribution in [0, 0.1) is 0 Å². The molecule has 0 aliphatic carbocycles. The molecule has 0 spiro atoms. The third kappa shape index (κ3) is 4.63. The number of rotatable bonds is 7. The Morgan fingerprint density at radius 1 is 1.04 bits per heavy atom. The second kappa shape index (κ2) is 8.19. The molecular formula is C18H18N2O6S. The molecule has 1 fully saturated rings. The van der Waals surface area contributed by atoms with Crippen LogP contribution >= 0.6 is 0 Å². The van der Waals surface area contributed by atoms with Crippen LogP contribution in [0.15, 0.2) is 54.6 Å². The lowest BCUT2D eigenvalue weighted by atomic mass is 10.2. The highest BCUT2D eigenvalue weighted by Gasteiger charge is 2.36. The van der Waals surface area contributed by atoms with Gasteiger partial charge in [-0.1, -0.05) is 18.2 Å². The Bertz CT molecular complexity index is 913. The van der Waals surface area contributed by atoms with Gasteiger partial charge in [-0.3, -0.25) is 14.4 Å². The fourth-order valence-corrected chi connectivity index (χ4v) is 3.97. The van der Waals surface area contributed by atoms with Gasteiger partial charge in [-0.25, -0.2) is 18.2 Å². The van der Waals surface area contributed by atoms with Gasteiger partial charge in [0.1, 0.15) is 19.0 Å². The molecule has 2 amide bonds. The molecule has 3 rings (SSSR count). The standard InChI is InChI=1S/C18H18N2O6S/c21-17-10-13-27(23,24)20(17)15-8-6-14(7-9-15)18(22)19-26-12-11-25-16-4-2-1-3-5-16/h1-9H,10-13H2,(H,19,22). The van der Waals surface area contributed by atoms with Gasteiger partial charge >= 0.3 is 0 Å². The first-order valence-electron chi connectivity index (χ1n) is 8.23. The average molecular weight is 390 g/mol. The number of amides is 2. The molecule has 142 valence electrons. The molecular weight excluding hydrogens is 372 g/mol. The first kappa shape index (κ1) is 18.9. The number of carbonyl (C=O) groups excluding carboxylic acids is 2. The highest BCUT2D eigenvalue weighted by molar-refractivity contribution is 7.94. The van der Waals surface area contributed by atoms with E-state index in [0.29, 0.717) is 5.75 Å². The van der Waals surface area contributed by atoms with Gasteiger partial charge in [0.15, 0.2) is 0 Å². The van der Waals surface area contributed by atoms with Gasteiger partial charge < -0.3 is 4.74 Å². The number of nitrogens with zero attached hydrogens (tertiary/aromatic N) is 1. The SMILES string of the molecule is O=C(NOCCOc1ccccc1)c1ccc(N2C(=O)CCS2(=O)=O)cc1. The zero-order valence-electron chi connectivity index (χ0n) is 14.3. The number of nitrogens with one attached hydrogen (secondary N) is 1. The molecule has 0 atom stereocenters. The van der Waals surface area contributed by atoms with E-state index in [9.17, 15) is 18.0 Å².